The van der Waals surface area contributed by atoms with Crippen LogP contribution in [0.3, 0.4) is 0 Å². The van der Waals surface area contributed by atoms with Gasteiger partial charge in [0.15, 0.2) is 0 Å². The third-order valence-electron chi connectivity index (χ3n) is 2.47. The van der Waals surface area contributed by atoms with E-state index in [4.69, 9.17) is 5.11 Å². The highest BCUT2D eigenvalue weighted by atomic mass is 79.9. The zero-order valence-corrected chi connectivity index (χ0v) is 10.9. The molecule has 2 nitrogen and oxygen atoms in total. The smallest absolute Gasteiger partial charge is 0.137 e. The number of aliphatic hydroxyl groups excluding tert-OH is 1. The molecule has 0 bridgehead atoms. The summed E-state index contributed by atoms with van der Waals surface area (Å²) in [6.07, 6.45) is 1.71. The third-order valence-corrected chi connectivity index (χ3v) is 3.36. The first kappa shape index (κ1) is 13.6. The summed E-state index contributed by atoms with van der Waals surface area (Å²) >= 11 is 3.23. The van der Waals surface area contributed by atoms with E-state index < -0.39 is 0 Å². The molecule has 0 saturated carbocycles. The third kappa shape index (κ3) is 4.20. The van der Waals surface area contributed by atoms with E-state index in [0.29, 0.717) is 17.1 Å². The lowest BCUT2D eigenvalue weighted by Crippen LogP contribution is -2.25. The SMILES string of the molecule is CC(CCCO)NCc1cccc(F)c1Br. The number of aliphatic hydroxyl groups is 1. The quantitative estimate of drug-likeness (QED) is 0.844. The van der Waals surface area contributed by atoms with E-state index in [1.807, 2.05) is 6.07 Å². The van der Waals surface area contributed by atoms with Gasteiger partial charge in [-0.15, -0.1) is 0 Å². The zero-order chi connectivity index (χ0) is 12.0. The van der Waals surface area contributed by atoms with Crippen molar-refractivity contribution in [3.05, 3.63) is 34.1 Å². The van der Waals surface area contributed by atoms with Gasteiger partial charge in [-0.05, 0) is 47.3 Å². The first-order chi connectivity index (χ1) is 7.65. The molecule has 4 heteroatoms. The number of benzene rings is 1. The van der Waals surface area contributed by atoms with Gasteiger partial charge in [0.1, 0.15) is 5.82 Å². The fourth-order valence-corrected chi connectivity index (χ4v) is 1.87. The van der Waals surface area contributed by atoms with Crippen LogP contribution in [-0.4, -0.2) is 17.8 Å². The average Bonchev–Trinajstić information content (AvgIpc) is 2.28. The number of halogens is 2. The van der Waals surface area contributed by atoms with Crippen LogP contribution in [0.25, 0.3) is 0 Å². The Labute approximate surface area is 104 Å². The predicted molar refractivity (Wildman–Crippen MR) is 66.7 cm³/mol. The van der Waals surface area contributed by atoms with E-state index in [0.717, 1.165) is 18.4 Å². The van der Waals surface area contributed by atoms with Crippen LogP contribution in [0.4, 0.5) is 4.39 Å². The van der Waals surface area contributed by atoms with Gasteiger partial charge in [0, 0.05) is 19.2 Å². The number of hydrogen-bond donors (Lipinski definition) is 2. The van der Waals surface area contributed by atoms with Crippen LogP contribution in [-0.2, 0) is 6.54 Å². The fourth-order valence-electron chi connectivity index (χ4n) is 1.47. The van der Waals surface area contributed by atoms with Crippen molar-refractivity contribution in [3.63, 3.8) is 0 Å². The summed E-state index contributed by atoms with van der Waals surface area (Å²) in [5, 5.41) is 12.0. The van der Waals surface area contributed by atoms with Crippen molar-refractivity contribution in [3.8, 4) is 0 Å². The highest BCUT2D eigenvalue weighted by Crippen LogP contribution is 2.20. The van der Waals surface area contributed by atoms with Crippen LogP contribution in [0.1, 0.15) is 25.3 Å². The minimum Gasteiger partial charge on any atom is -0.396 e. The fraction of sp³-hybridized carbons (Fsp3) is 0.500. The van der Waals surface area contributed by atoms with E-state index in [-0.39, 0.29) is 12.4 Å². The second-order valence-corrected chi connectivity index (χ2v) is 4.65. The molecule has 0 aliphatic carbocycles. The maximum atomic E-state index is 13.2. The molecule has 0 aromatic heterocycles. The van der Waals surface area contributed by atoms with Crippen molar-refractivity contribution in [2.24, 2.45) is 0 Å². The first-order valence-electron chi connectivity index (χ1n) is 5.42. The lowest BCUT2D eigenvalue weighted by molar-refractivity contribution is 0.276. The first-order valence-corrected chi connectivity index (χ1v) is 6.21. The van der Waals surface area contributed by atoms with E-state index >= 15 is 0 Å². The Bertz CT molecular complexity index is 333. The van der Waals surface area contributed by atoms with Crippen LogP contribution in [0.5, 0.6) is 0 Å². The number of hydrogen-bond acceptors (Lipinski definition) is 2. The highest BCUT2D eigenvalue weighted by Gasteiger charge is 2.06. The van der Waals surface area contributed by atoms with Crippen LogP contribution < -0.4 is 5.32 Å². The molecule has 0 amide bonds. The van der Waals surface area contributed by atoms with E-state index in [1.54, 1.807) is 6.07 Å². The van der Waals surface area contributed by atoms with Crippen molar-refractivity contribution < 1.29 is 9.50 Å². The van der Waals surface area contributed by atoms with Crippen molar-refractivity contribution in [1.82, 2.24) is 5.32 Å². The van der Waals surface area contributed by atoms with Gasteiger partial charge in [0.05, 0.1) is 4.47 Å². The van der Waals surface area contributed by atoms with Crippen molar-refractivity contribution in [2.45, 2.75) is 32.4 Å². The Morgan fingerprint density at radius 2 is 2.25 bits per heavy atom. The average molecular weight is 290 g/mol. The molecule has 0 saturated heterocycles. The molecule has 0 radical (unpaired) electrons. The molecule has 0 spiro atoms. The normalized spacial score (nSPS) is 12.8. The molecule has 1 aromatic rings. The number of nitrogens with one attached hydrogen (secondary N) is 1. The molecule has 0 aliphatic heterocycles. The minimum absolute atomic E-state index is 0.218. The van der Waals surface area contributed by atoms with Gasteiger partial charge in [-0.3, -0.25) is 0 Å². The van der Waals surface area contributed by atoms with Crippen LogP contribution in [0.2, 0.25) is 0 Å². The Balaban J connectivity index is 2.45. The van der Waals surface area contributed by atoms with Gasteiger partial charge in [-0.1, -0.05) is 12.1 Å². The van der Waals surface area contributed by atoms with E-state index in [9.17, 15) is 4.39 Å². The molecule has 1 unspecified atom stereocenters. The van der Waals surface area contributed by atoms with Gasteiger partial charge in [-0.25, -0.2) is 4.39 Å². The largest absolute Gasteiger partial charge is 0.396 e. The minimum atomic E-state index is -0.234. The van der Waals surface area contributed by atoms with Crippen molar-refractivity contribution in [2.75, 3.05) is 6.61 Å². The standard InChI is InChI=1S/C12H17BrFNO/c1-9(4-3-7-16)15-8-10-5-2-6-11(14)12(10)13/h2,5-6,9,15-16H,3-4,7-8H2,1H3. The van der Waals surface area contributed by atoms with Crippen molar-refractivity contribution in [1.29, 1.82) is 0 Å². The van der Waals surface area contributed by atoms with Crippen LogP contribution in [0.15, 0.2) is 22.7 Å². The lowest BCUT2D eigenvalue weighted by atomic mass is 10.1. The maximum absolute atomic E-state index is 13.2. The second kappa shape index (κ2) is 6.99. The predicted octanol–water partition coefficient (Wildman–Crippen LogP) is 2.84. The Morgan fingerprint density at radius 1 is 1.50 bits per heavy atom. The van der Waals surface area contributed by atoms with E-state index in [1.165, 1.54) is 6.07 Å². The molecule has 0 heterocycles. The molecular formula is C12H17BrFNO. The molecule has 2 N–H and O–H groups in total. The summed E-state index contributed by atoms with van der Waals surface area (Å²) in [4.78, 5) is 0. The topological polar surface area (TPSA) is 32.3 Å². The van der Waals surface area contributed by atoms with Gasteiger partial charge in [0.2, 0.25) is 0 Å². The summed E-state index contributed by atoms with van der Waals surface area (Å²) < 4.78 is 13.7. The summed E-state index contributed by atoms with van der Waals surface area (Å²) in [5.41, 5.74) is 0.913. The molecule has 1 aromatic carbocycles. The van der Waals surface area contributed by atoms with Gasteiger partial charge < -0.3 is 10.4 Å². The van der Waals surface area contributed by atoms with Crippen LogP contribution in [0, 0.1) is 5.82 Å². The van der Waals surface area contributed by atoms with Gasteiger partial charge in [-0.2, -0.15) is 0 Å². The molecular weight excluding hydrogens is 273 g/mol. The van der Waals surface area contributed by atoms with Crippen molar-refractivity contribution >= 4 is 15.9 Å². The summed E-state index contributed by atoms with van der Waals surface area (Å²) in [6.45, 7) is 2.91. The molecule has 1 atom stereocenters. The number of rotatable bonds is 6. The summed E-state index contributed by atoms with van der Waals surface area (Å²) in [6, 6.07) is 5.35. The van der Waals surface area contributed by atoms with Crippen LogP contribution >= 0.6 is 15.9 Å². The van der Waals surface area contributed by atoms with Gasteiger partial charge >= 0.3 is 0 Å². The zero-order valence-electron chi connectivity index (χ0n) is 9.34. The second-order valence-electron chi connectivity index (χ2n) is 3.86. The molecule has 0 fully saturated rings. The molecule has 1 rings (SSSR count). The highest BCUT2D eigenvalue weighted by molar-refractivity contribution is 9.10. The summed E-state index contributed by atoms with van der Waals surface area (Å²) in [5.74, 6) is -0.234. The Morgan fingerprint density at radius 3 is 2.94 bits per heavy atom. The van der Waals surface area contributed by atoms with E-state index in [2.05, 4.69) is 28.2 Å². The lowest BCUT2D eigenvalue weighted by Gasteiger charge is -2.14. The Kier molecular flexibility index (Phi) is 5.95. The maximum Gasteiger partial charge on any atom is 0.137 e. The Hall–Kier alpha value is -0.450. The molecule has 16 heavy (non-hydrogen) atoms. The molecule has 0 aliphatic rings. The monoisotopic (exact) mass is 289 g/mol. The summed E-state index contributed by atoms with van der Waals surface area (Å²) in [7, 11) is 0. The van der Waals surface area contributed by atoms with Gasteiger partial charge in [0.25, 0.3) is 0 Å². The molecule has 90 valence electrons.